The first kappa shape index (κ1) is 33.5. The van der Waals surface area contributed by atoms with E-state index in [2.05, 4.69) is 24.0 Å². The molecule has 6 nitrogen and oxygen atoms in total. The van der Waals surface area contributed by atoms with Crippen molar-refractivity contribution < 1.29 is 20.4 Å². The predicted molar refractivity (Wildman–Crippen MR) is 189 cm³/mol. The van der Waals surface area contributed by atoms with Gasteiger partial charge in [-0.3, -0.25) is 0 Å². The molecule has 1 heterocycles. The lowest BCUT2D eigenvalue weighted by atomic mass is 9.93. The highest BCUT2D eigenvalue weighted by atomic mass is 32.2. The van der Waals surface area contributed by atoms with E-state index < -0.39 is 0 Å². The molecule has 0 radical (unpaired) electrons. The van der Waals surface area contributed by atoms with Crippen molar-refractivity contribution in [1.29, 1.82) is 0 Å². The van der Waals surface area contributed by atoms with E-state index in [4.69, 9.17) is 4.98 Å². The zero-order valence-electron chi connectivity index (χ0n) is 27.5. The van der Waals surface area contributed by atoms with Crippen LogP contribution >= 0.6 is 11.8 Å². The van der Waals surface area contributed by atoms with Gasteiger partial charge in [0.15, 0.2) is 0 Å². The van der Waals surface area contributed by atoms with Crippen LogP contribution in [0.2, 0.25) is 0 Å². The van der Waals surface area contributed by atoms with Gasteiger partial charge in [0.05, 0.1) is 11.0 Å². The molecule has 1 aromatic heterocycles. The second-order valence-corrected chi connectivity index (χ2v) is 12.7. The highest BCUT2D eigenvalue weighted by molar-refractivity contribution is 8.07. The number of H-pyrrole nitrogens is 1. The molecule has 0 unspecified atom stereocenters. The molecule has 4 aromatic rings. The minimum atomic E-state index is 0.166. The number of hydrogen-bond acceptors (Lipinski definition) is 6. The summed E-state index contributed by atoms with van der Waals surface area (Å²) >= 11 is 1.54. The summed E-state index contributed by atoms with van der Waals surface area (Å²) in [5.74, 6) is 1.65. The first-order valence-electron chi connectivity index (χ1n) is 15.2. The second kappa shape index (κ2) is 14.2. The molecule has 0 amide bonds. The van der Waals surface area contributed by atoms with Crippen LogP contribution < -0.4 is 0 Å². The highest BCUT2D eigenvalue weighted by Crippen LogP contribution is 2.40. The lowest BCUT2D eigenvalue weighted by Gasteiger charge is -2.16. The Hall–Kier alpha value is -4.36. The number of aryl methyl sites for hydroxylation is 2. The molecule has 0 spiro atoms. The summed E-state index contributed by atoms with van der Waals surface area (Å²) in [6.07, 6.45) is 13.6. The molecule has 3 aromatic carbocycles. The number of rotatable bonds is 10. The van der Waals surface area contributed by atoms with E-state index in [1.54, 1.807) is 20.8 Å². The number of nitrogens with zero attached hydrogens (tertiary/aromatic N) is 1. The largest absolute Gasteiger partial charge is 0.507 e. The van der Waals surface area contributed by atoms with Crippen molar-refractivity contribution in [2.75, 3.05) is 0 Å². The topological polar surface area (TPSA) is 110 Å². The summed E-state index contributed by atoms with van der Waals surface area (Å²) in [6.45, 7) is 15.0. The van der Waals surface area contributed by atoms with Crippen LogP contribution in [-0.4, -0.2) is 30.4 Å². The lowest BCUT2D eigenvalue weighted by Crippen LogP contribution is -1.99. The summed E-state index contributed by atoms with van der Waals surface area (Å²) < 4.78 is 0. The van der Waals surface area contributed by atoms with E-state index in [1.165, 1.54) is 17.3 Å². The quantitative estimate of drug-likeness (QED) is 0.0888. The summed E-state index contributed by atoms with van der Waals surface area (Å²) in [5.41, 5.74) is 8.36. The normalized spacial score (nSPS) is 12.8. The maximum atomic E-state index is 11.4. The van der Waals surface area contributed by atoms with Gasteiger partial charge in [-0.25, -0.2) is 4.98 Å². The number of fused-ring (bicyclic) bond motifs is 1. The van der Waals surface area contributed by atoms with Gasteiger partial charge in [-0.2, -0.15) is 0 Å². The number of benzene rings is 3. The fourth-order valence-electron chi connectivity index (χ4n) is 5.50. The van der Waals surface area contributed by atoms with Crippen molar-refractivity contribution in [3.05, 3.63) is 108 Å². The molecular weight excluding hydrogens is 580 g/mol. The van der Waals surface area contributed by atoms with Crippen LogP contribution in [0, 0.1) is 41.5 Å². The average Bonchev–Trinajstić information content (AvgIpc) is 3.43. The maximum absolute atomic E-state index is 11.4. The first-order valence-corrected chi connectivity index (χ1v) is 16.1. The van der Waals surface area contributed by atoms with E-state index in [-0.39, 0.29) is 23.0 Å². The molecule has 0 aliphatic rings. The number of imidazole rings is 1. The molecule has 0 aliphatic carbocycles. The van der Waals surface area contributed by atoms with E-state index in [0.717, 1.165) is 45.1 Å². The summed E-state index contributed by atoms with van der Waals surface area (Å²) in [6, 6.07) is 6.16. The van der Waals surface area contributed by atoms with Gasteiger partial charge in [0.2, 0.25) is 0 Å². The van der Waals surface area contributed by atoms with Crippen molar-refractivity contribution in [2.24, 2.45) is 0 Å². The Morgan fingerprint density at radius 3 is 1.87 bits per heavy atom. The van der Waals surface area contributed by atoms with Crippen LogP contribution in [0.3, 0.4) is 0 Å². The van der Waals surface area contributed by atoms with Crippen molar-refractivity contribution >= 4 is 34.9 Å². The van der Waals surface area contributed by atoms with Crippen LogP contribution in [0.25, 0.3) is 23.2 Å². The third-order valence-corrected chi connectivity index (χ3v) is 9.77. The number of hydrogen-bond donors (Lipinski definition) is 5. The van der Waals surface area contributed by atoms with Crippen LogP contribution in [-0.2, 0) is 12.8 Å². The third kappa shape index (κ3) is 7.15. The zero-order chi connectivity index (χ0) is 33.0. The van der Waals surface area contributed by atoms with Crippen LogP contribution in [0.15, 0.2) is 52.3 Å². The van der Waals surface area contributed by atoms with Crippen LogP contribution in [0.1, 0.15) is 76.2 Å². The minimum Gasteiger partial charge on any atom is -0.507 e. The average molecular weight is 625 g/mol. The molecule has 0 saturated heterocycles. The van der Waals surface area contributed by atoms with Crippen molar-refractivity contribution in [3.63, 3.8) is 0 Å². The number of allylic oxidation sites excluding steroid dienone is 4. The molecule has 5 N–H and O–H groups in total. The van der Waals surface area contributed by atoms with Crippen molar-refractivity contribution in [2.45, 2.75) is 74.7 Å². The molecule has 0 atom stereocenters. The molecule has 45 heavy (non-hydrogen) atoms. The fourth-order valence-corrected chi connectivity index (χ4v) is 6.28. The van der Waals surface area contributed by atoms with Gasteiger partial charge in [0.1, 0.15) is 28.8 Å². The van der Waals surface area contributed by atoms with E-state index in [9.17, 15) is 20.4 Å². The number of aromatic hydroxyl groups is 4. The van der Waals surface area contributed by atoms with E-state index in [0.29, 0.717) is 45.4 Å². The Balaban J connectivity index is 1.52. The Kier molecular flexibility index (Phi) is 10.6. The van der Waals surface area contributed by atoms with Crippen molar-refractivity contribution in [3.8, 4) is 23.0 Å². The SMILES string of the molecule is CC=C(/C=C/c1c(C)c(O)c(C)c(C)c1O)SC(=CC)/C=C/c1c(C)c(O)c(C)c(CCCc2nc3ccc(C)cc3[nH]2)c1O. The van der Waals surface area contributed by atoms with E-state index >= 15 is 0 Å². The molecule has 0 fully saturated rings. The maximum Gasteiger partial charge on any atom is 0.126 e. The molecule has 0 saturated carbocycles. The fraction of sp³-hybridized carbons (Fsp3) is 0.289. The second-order valence-electron chi connectivity index (χ2n) is 11.5. The Labute approximate surface area is 270 Å². The minimum absolute atomic E-state index is 0.166. The van der Waals surface area contributed by atoms with Crippen LogP contribution in [0.5, 0.6) is 23.0 Å². The zero-order valence-corrected chi connectivity index (χ0v) is 28.3. The molecule has 4 rings (SSSR count). The Morgan fingerprint density at radius 1 is 0.711 bits per heavy atom. The van der Waals surface area contributed by atoms with Gasteiger partial charge in [0, 0.05) is 44.0 Å². The summed E-state index contributed by atoms with van der Waals surface area (Å²) in [4.78, 5) is 9.98. The van der Waals surface area contributed by atoms with Gasteiger partial charge in [-0.05, 0) is 127 Å². The molecule has 0 aliphatic heterocycles. The highest BCUT2D eigenvalue weighted by Gasteiger charge is 2.18. The Morgan fingerprint density at radius 2 is 1.27 bits per heavy atom. The van der Waals surface area contributed by atoms with Gasteiger partial charge in [-0.15, -0.1) is 0 Å². The first-order chi connectivity index (χ1) is 21.4. The standard InChI is InChI=1S/C38H44N2O4S/c1-9-27(15-17-30-25(7)35(41)22(4)23(5)37(30)43)45-28(10-2)16-18-31-26(8)36(42)24(6)29(38(31)44)12-11-13-34-39-32-19-14-21(3)20-33(32)40-34/h9-10,14-20,41-44H,11-13H2,1-8H3,(H,39,40)/b17-15+,18-16+,27-9?,28-10?. The van der Waals surface area contributed by atoms with Gasteiger partial charge in [0.25, 0.3) is 0 Å². The summed E-state index contributed by atoms with van der Waals surface area (Å²) in [5, 5.41) is 43.6. The molecule has 7 heteroatoms. The third-order valence-electron chi connectivity index (χ3n) is 8.56. The number of nitrogens with one attached hydrogen (secondary N) is 1. The predicted octanol–water partition coefficient (Wildman–Crippen LogP) is 9.68. The smallest absolute Gasteiger partial charge is 0.126 e. The number of thioether (sulfide) groups is 1. The number of aromatic nitrogens is 2. The summed E-state index contributed by atoms with van der Waals surface area (Å²) in [7, 11) is 0. The molecular formula is C38H44N2O4S. The molecule has 0 bridgehead atoms. The van der Waals surface area contributed by atoms with E-state index in [1.807, 2.05) is 70.2 Å². The number of phenols is 4. The number of phenolic OH excluding ortho intramolecular Hbond substituents is 4. The van der Waals surface area contributed by atoms with Gasteiger partial charge in [-0.1, -0.05) is 30.0 Å². The number of aromatic amines is 1. The van der Waals surface area contributed by atoms with Crippen LogP contribution in [0.4, 0.5) is 0 Å². The van der Waals surface area contributed by atoms with Gasteiger partial charge < -0.3 is 25.4 Å². The monoisotopic (exact) mass is 624 g/mol. The van der Waals surface area contributed by atoms with Crippen molar-refractivity contribution in [1.82, 2.24) is 9.97 Å². The Bertz CT molecular complexity index is 1850. The van der Waals surface area contributed by atoms with Gasteiger partial charge >= 0.3 is 0 Å². The molecule has 236 valence electrons. The lowest BCUT2D eigenvalue weighted by molar-refractivity contribution is 0.445.